The number of unbranched alkanes of at least 4 members (excludes halogenated alkanes) is 2. The number of imidazole rings is 1. The molecule has 0 saturated carbocycles. The number of nitrogens with zero attached hydrogens (tertiary/aromatic N) is 3. The fraction of sp³-hybridized carbons (Fsp3) is 0.400. The maximum atomic E-state index is 5.90. The van der Waals surface area contributed by atoms with Gasteiger partial charge in [0.25, 0.3) is 0 Å². The van der Waals surface area contributed by atoms with Gasteiger partial charge in [0.2, 0.25) is 0 Å². The molecule has 0 atom stereocenters. The zero-order valence-corrected chi connectivity index (χ0v) is 25.6. The van der Waals surface area contributed by atoms with Crippen LogP contribution >= 0.6 is 0 Å². The van der Waals surface area contributed by atoms with Gasteiger partial charge in [-0.2, -0.15) is 0 Å². The fourth-order valence-electron chi connectivity index (χ4n) is 5.48. The standard InChI is InChI=1S/C35H45N3O3/c1-7-9-22-37(24-28-20-21-31(39-4)26(3)34(28)41-6)25-30-33(29-18-14-15-19-32(29)40-5)36-35(38(30)23-10-8-2)27-16-12-11-13-17-27/h11-21H,7-10,22-25H2,1-6H3. The third kappa shape index (κ3) is 6.94. The van der Waals surface area contributed by atoms with Crippen LogP contribution in [0.15, 0.2) is 66.7 Å². The van der Waals surface area contributed by atoms with E-state index in [1.807, 2.05) is 18.2 Å². The zero-order valence-electron chi connectivity index (χ0n) is 25.6. The Bertz CT molecular complexity index is 1400. The SMILES string of the molecule is CCCCN(Cc1ccc(OC)c(C)c1OC)Cc1c(-c2ccccc2OC)nc(-c2ccccc2)n1CCCC. The van der Waals surface area contributed by atoms with Crippen molar-refractivity contribution in [3.05, 3.63) is 83.6 Å². The molecule has 0 unspecified atom stereocenters. The maximum absolute atomic E-state index is 5.90. The number of aromatic nitrogens is 2. The molecule has 218 valence electrons. The number of benzene rings is 3. The third-order valence-electron chi connectivity index (χ3n) is 7.66. The molecular formula is C35H45N3O3. The van der Waals surface area contributed by atoms with Crippen LogP contribution in [0.3, 0.4) is 0 Å². The first kappa shape index (κ1) is 30.2. The van der Waals surface area contributed by atoms with E-state index in [4.69, 9.17) is 19.2 Å². The van der Waals surface area contributed by atoms with Gasteiger partial charge in [0.15, 0.2) is 0 Å². The Balaban J connectivity index is 1.86. The summed E-state index contributed by atoms with van der Waals surface area (Å²) in [5.74, 6) is 3.57. The normalized spacial score (nSPS) is 11.2. The summed E-state index contributed by atoms with van der Waals surface area (Å²) in [5.41, 5.74) is 6.52. The average Bonchev–Trinajstić information content (AvgIpc) is 3.36. The molecule has 0 bridgehead atoms. The van der Waals surface area contributed by atoms with Crippen molar-refractivity contribution in [2.24, 2.45) is 0 Å². The highest BCUT2D eigenvalue weighted by molar-refractivity contribution is 5.73. The van der Waals surface area contributed by atoms with Crippen LogP contribution in [-0.4, -0.2) is 42.3 Å². The molecule has 0 saturated heterocycles. The molecule has 0 aliphatic carbocycles. The molecule has 0 radical (unpaired) electrons. The lowest BCUT2D eigenvalue weighted by Gasteiger charge is -2.26. The van der Waals surface area contributed by atoms with Crippen LogP contribution in [0.5, 0.6) is 17.2 Å². The van der Waals surface area contributed by atoms with Crippen molar-refractivity contribution in [2.75, 3.05) is 27.9 Å². The summed E-state index contributed by atoms with van der Waals surface area (Å²) in [5, 5.41) is 0. The van der Waals surface area contributed by atoms with E-state index in [1.165, 1.54) is 5.69 Å². The van der Waals surface area contributed by atoms with Crippen LogP contribution in [-0.2, 0) is 19.6 Å². The summed E-state index contributed by atoms with van der Waals surface area (Å²) < 4.78 is 19.7. The first-order chi connectivity index (χ1) is 20.1. The highest BCUT2D eigenvalue weighted by atomic mass is 16.5. The largest absolute Gasteiger partial charge is 0.496 e. The van der Waals surface area contributed by atoms with E-state index in [1.54, 1.807) is 21.3 Å². The molecule has 3 aromatic carbocycles. The second-order valence-electron chi connectivity index (χ2n) is 10.5. The molecule has 6 heteroatoms. The van der Waals surface area contributed by atoms with Gasteiger partial charge >= 0.3 is 0 Å². The number of methoxy groups -OCH3 is 3. The lowest BCUT2D eigenvalue weighted by molar-refractivity contribution is 0.242. The Kier molecular flexibility index (Phi) is 10.9. The molecule has 0 N–H and O–H groups in total. The van der Waals surface area contributed by atoms with Crippen LogP contribution in [0, 0.1) is 6.92 Å². The van der Waals surface area contributed by atoms with Crippen LogP contribution in [0.2, 0.25) is 0 Å². The summed E-state index contributed by atoms with van der Waals surface area (Å²) in [6.45, 7) is 9.94. The minimum Gasteiger partial charge on any atom is -0.496 e. The molecular weight excluding hydrogens is 510 g/mol. The predicted molar refractivity (Wildman–Crippen MR) is 168 cm³/mol. The van der Waals surface area contributed by atoms with Crippen LogP contribution in [0.4, 0.5) is 0 Å². The minimum atomic E-state index is 0.755. The van der Waals surface area contributed by atoms with Crippen molar-refractivity contribution < 1.29 is 14.2 Å². The molecule has 0 spiro atoms. The maximum Gasteiger partial charge on any atom is 0.140 e. The van der Waals surface area contributed by atoms with E-state index >= 15 is 0 Å². The molecule has 0 aliphatic heterocycles. The molecule has 6 nitrogen and oxygen atoms in total. The van der Waals surface area contributed by atoms with Crippen LogP contribution < -0.4 is 14.2 Å². The Hall–Kier alpha value is -3.77. The summed E-state index contributed by atoms with van der Waals surface area (Å²) in [6.07, 6.45) is 4.42. The second kappa shape index (κ2) is 14.7. The lowest BCUT2D eigenvalue weighted by Crippen LogP contribution is -2.26. The number of rotatable bonds is 15. The summed E-state index contributed by atoms with van der Waals surface area (Å²) in [7, 11) is 5.18. The quantitative estimate of drug-likeness (QED) is 0.148. The number of hydrogen-bond donors (Lipinski definition) is 0. The van der Waals surface area contributed by atoms with Gasteiger partial charge < -0.3 is 18.8 Å². The van der Waals surface area contributed by atoms with Gasteiger partial charge in [0.1, 0.15) is 23.1 Å². The molecule has 0 fully saturated rings. The smallest absolute Gasteiger partial charge is 0.140 e. The molecule has 1 aromatic heterocycles. The van der Waals surface area contributed by atoms with Crippen LogP contribution in [0.1, 0.15) is 56.4 Å². The van der Waals surface area contributed by atoms with Gasteiger partial charge in [-0.05, 0) is 44.5 Å². The van der Waals surface area contributed by atoms with E-state index in [9.17, 15) is 0 Å². The Morgan fingerprint density at radius 2 is 1.46 bits per heavy atom. The van der Waals surface area contributed by atoms with Crippen LogP contribution in [0.25, 0.3) is 22.6 Å². The summed E-state index contributed by atoms with van der Waals surface area (Å²) in [6, 6.07) is 22.9. The molecule has 0 aliphatic rings. The molecule has 4 aromatic rings. The Labute approximate surface area is 245 Å². The minimum absolute atomic E-state index is 0.755. The Morgan fingerprint density at radius 1 is 0.756 bits per heavy atom. The van der Waals surface area contributed by atoms with Gasteiger partial charge in [-0.1, -0.05) is 75.2 Å². The lowest BCUT2D eigenvalue weighted by atomic mass is 10.1. The first-order valence-corrected chi connectivity index (χ1v) is 14.8. The molecule has 1 heterocycles. The van der Waals surface area contributed by atoms with Gasteiger partial charge in [-0.3, -0.25) is 4.90 Å². The van der Waals surface area contributed by atoms with Crippen molar-refractivity contribution in [1.82, 2.24) is 14.5 Å². The summed E-state index contributed by atoms with van der Waals surface area (Å²) >= 11 is 0. The van der Waals surface area contributed by atoms with Crippen molar-refractivity contribution in [2.45, 2.75) is 66.1 Å². The van der Waals surface area contributed by atoms with Gasteiger partial charge in [-0.15, -0.1) is 0 Å². The first-order valence-electron chi connectivity index (χ1n) is 14.8. The molecule has 41 heavy (non-hydrogen) atoms. The van der Waals surface area contributed by atoms with Crippen molar-refractivity contribution in [1.29, 1.82) is 0 Å². The van der Waals surface area contributed by atoms with Gasteiger partial charge in [0, 0.05) is 41.9 Å². The van der Waals surface area contributed by atoms with Gasteiger partial charge in [0.05, 0.1) is 32.7 Å². The number of ether oxygens (including phenoxy) is 3. The van der Waals surface area contributed by atoms with Crippen molar-refractivity contribution in [3.8, 4) is 39.9 Å². The predicted octanol–water partition coefficient (Wildman–Crippen LogP) is 8.15. The fourth-order valence-corrected chi connectivity index (χ4v) is 5.48. The van der Waals surface area contributed by atoms with Crippen molar-refractivity contribution in [3.63, 3.8) is 0 Å². The zero-order chi connectivity index (χ0) is 29.2. The average molecular weight is 556 g/mol. The van der Waals surface area contributed by atoms with Gasteiger partial charge in [-0.25, -0.2) is 4.98 Å². The Morgan fingerprint density at radius 3 is 2.15 bits per heavy atom. The topological polar surface area (TPSA) is 48.8 Å². The highest BCUT2D eigenvalue weighted by Crippen LogP contribution is 2.37. The molecule has 0 amide bonds. The van der Waals surface area contributed by atoms with E-state index in [0.29, 0.717) is 0 Å². The number of para-hydroxylation sites is 1. The third-order valence-corrected chi connectivity index (χ3v) is 7.66. The van der Waals surface area contributed by atoms with Crippen molar-refractivity contribution >= 4 is 0 Å². The number of hydrogen-bond acceptors (Lipinski definition) is 5. The molecule has 4 rings (SSSR count). The van der Waals surface area contributed by atoms with E-state index in [0.717, 1.165) is 103 Å². The van der Waals surface area contributed by atoms with E-state index in [-0.39, 0.29) is 0 Å². The summed E-state index contributed by atoms with van der Waals surface area (Å²) in [4.78, 5) is 7.87. The second-order valence-corrected chi connectivity index (χ2v) is 10.5. The van der Waals surface area contributed by atoms with E-state index < -0.39 is 0 Å². The van der Waals surface area contributed by atoms with E-state index in [2.05, 4.69) is 78.8 Å². The monoisotopic (exact) mass is 555 g/mol. The highest BCUT2D eigenvalue weighted by Gasteiger charge is 2.24.